The molecule has 17 heavy (non-hydrogen) atoms. The number of aliphatic hydroxyl groups is 1. The van der Waals surface area contributed by atoms with Gasteiger partial charge in [0, 0.05) is 0 Å². The Morgan fingerprint density at radius 3 is 2.82 bits per heavy atom. The second kappa shape index (κ2) is 5.80. The van der Waals surface area contributed by atoms with Crippen molar-refractivity contribution in [1.82, 2.24) is 25.8 Å². The highest BCUT2D eigenvalue weighted by molar-refractivity contribution is 5.76. The van der Waals surface area contributed by atoms with Crippen molar-refractivity contribution in [2.75, 3.05) is 6.54 Å². The van der Waals surface area contributed by atoms with Crippen LogP contribution in [0.3, 0.4) is 0 Å². The number of carboxylic acid groups (broad SMARTS) is 1. The lowest BCUT2D eigenvalue weighted by molar-refractivity contribution is -0.146. The second-order valence-electron chi connectivity index (χ2n) is 3.30. The fourth-order valence-corrected chi connectivity index (χ4v) is 1.02. The first-order valence-corrected chi connectivity index (χ1v) is 4.81. The average molecular weight is 243 g/mol. The van der Waals surface area contributed by atoms with Crippen LogP contribution in [-0.2, 0) is 4.79 Å². The first-order chi connectivity index (χ1) is 8.00. The molecule has 2 amide bonds. The van der Waals surface area contributed by atoms with Crippen molar-refractivity contribution in [2.24, 2.45) is 0 Å². The van der Waals surface area contributed by atoms with Gasteiger partial charge in [0.25, 0.3) is 0 Å². The van der Waals surface area contributed by atoms with E-state index in [4.69, 9.17) is 10.2 Å². The van der Waals surface area contributed by atoms with Crippen molar-refractivity contribution in [1.29, 1.82) is 0 Å². The zero-order chi connectivity index (χ0) is 12.8. The van der Waals surface area contributed by atoms with Crippen LogP contribution in [0.25, 0.3) is 0 Å². The van der Waals surface area contributed by atoms with Gasteiger partial charge >= 0.3 is 12.0 Å². The van der Waals surface area contributed by atoms with E-state index in [9.17, 15) is 9.59 Å². The molecule has 0 aliphatic heterocycles. The van der Waals surface area contributed by atoms with Gasteiger partial charge in [-0.25, -0.2) is 14.6 Å². The van der Waals surface area contributed by atoms with Gasteiger partial charge in [0.1, 0.15) is 12.2 Å². The zero-order valence-corrected chi connectivity index (χ0v) is 9.04. The van der Waals surface area contributed by atoms with Crippen LogP contribution < -0.4 is 10.6 Å². The van der Waals surface area contributed by atoms with E-state index in [1.807, 2.05) is 0 Å². The summed E-state index contributed by atoms with van der Waals surface area (Å²) in [5.41, 5.74) is 0. The molecule has 0 bridgehead atoms. The highest BCUT2D eigenvalue weighted by atomic mass is 16.4. The summed E-state index contributed by atoms with van der Waals surface area (Å²) in [6, 6.07) is -1.01. The molecule has 1 heterocycles. The maximum absolute atomic E-state index is 11.3. The number of urea groups is 1. The lowest BCUT2D eigenvalue weighted by Crippen LogP contribution is -2.42. The maximum Gasteiger partial charge on any atom is 0.334 e. The quantitative estimate of drug-likeness (QED) is 0.431. The molecule has 0 aliphatic carbocycles. The molecule has 9 heteroatoms. The van der Waals surface area contributed by atoms with Crippen molar-refractivity contribution in [3.05, 3.63) is 12.2 Å². The normalized spacial score (nSPS) is 13.8. The lowest BCUT2D eigenvalue weighted by atomic mass is 10.3. The zero-order valence-electron chi connectivity index (χ0n) is 9.04. The van der Waals surface area contributed by atoms with Gasteiger partial charge in [0.2, 0.25) is 0 Å². The van der Waals surface area contributed by atoms with Gasteiger partial charge in [-0.3, -0.25) is 5.10 Å². The maximum atomic E-state index is 11.3. The number of aliphatic hydroxyl groups excluding tert-OH is 1. The number of aromatic nitrogens is 3. The molecule has 0 spiro atoms. The number of carboxylic acids is 1. The Balaban J connectivity index is 2.32. The molecular formula is C8H13N5O4. The van der Waals surface area contributed by atoms with Gasteiger partial charge in [-0.2, -0.15) is 5.10 Å². The van der Waals surface area contributed by atoms with E-state index in [1.165, 1.54) is 6.33 Å². The number of rotatable bonds is 5. The van der Waals surface area contributed by atoms with Gasteiger partial charge in [0.05, 0.1) is 12.6 Å². The molecule has 0 aliphatic rings. The molecule has 1 aromatic heterocycles. The largest absolute Gasteiger partial charge is 0.479 e. The minimum Gasteiger partial charge on any atom is -0.479 e. The van der Waals surface area contributed by atoms with Crippen LogP contribution in [0, 0.1) is 0 Å². The van der Waals surface area contributed by atoms with Crippen molar-refractivity contribution >= 4 is 12.0 Å². The molecule has 2 atom stereocenters. The summed E-state index contributed by atoms with van der Waals surface area (Å²) in [5.74, 6) is -0.924. The highest BCUT2D eigenvalue weighted by Crippen LogP contribution is 2.02. The number of nitrogens with one attached hydrogen (secondary N) is 3. The van der Waals surface area contributed by atoms with Crippen molar-refractivity contribution < 1.29 is 19.8 Å². The summed E-state index contributed by atoms with van der Waals surface area (Å²) in [5, 5.41) is 28.2. The molecule has 94 valence electrons. The molecule has 1 unspecified atom stereocenters. The standard InChI is InChI=1S/C8H13N5O4/c1-4(6-10-3-11-13-6)12-8(17)9-2-5(14)7(15)16/h3-5,14H,2H2,1H3,(H,15,16)(H2,9,12,17)(H,10,11,13)/t4?,5-/m0/s1. The van der Waals surface area contributed by atoms with Crippen LogP contribution in [0.2, 0.25) is 0 Å². The Labute approximate surface area is 96.2 Å². The number of carbonyl (C=O) groups excluding carboxylic acids is 1. The SMILES string of the molecule is CC(NC(=O)NC[C@H](O)C(=O)O)c1ncn[nH]1. The Kier molecular flexibility index (Phi) is 4.40. The average Bonchev–Trinajstić information content (AvgIpc) is 2.78. The van der Waals surface area contributed by atoms with Gasteiger partial charge < -0.3 is 20.8 Å². The first-order valence-electron chi connectivity index (χ1n) is 4.81. The molecule has 9 nitrogen and oxygen atoms in total. The van der Waals surface area contributed by atoms with Gasteiger partial charge in [-0.05, 0) is 6.92 Å². The lowest BCUT2D eigenvalue weighted by Gasteiger charge is -2.13. The number of H-pyrrole nitrogens is 1. The van der Waals surface area contributed by atoms with E-state index in [0.717, 1.165) is 0 Å². The van der Waals surface area contributed by atoms with E-state index in [0.29, 0.717) is 5.82 Å². The van der Waals surface area contributed by atoms with Crippen molar-refractivity contribution in [2.45, 2.75) is 19.1 Å². The van der Waals surface area contributed by atoms with Crippen LogP contribution in [-0.4, -0.2) is 50.0 Å². The molecule has 1 rings (SSSR count). The summed E-state index contributed by atoms with van der Waals surface area (Å²) in [6.45, 7) is 1.30. The third kappa shape index (κ3) is 4.07. The van der Waals surface area contributed by atoms with Crippen LogP contribution in [0.1, 0.15) is 18.8 Å². The summed E-state index contributed by atoms with van der Waals surface area (Å²) in [7, 11) is 0. The second-order valence-corrected chi connectivity index (χ2v) is 3.30. The third-order valence-corrected chi connectivity index (χ3v) is 1.93. The number of aromatic amines is 1. The Morgan fingerprint density at radius 1 is 1.59 bits per heavy atom. The van der Waals surface area contributed by atoms with E-state index in [-0.39, 0.29) is 6.54 Å². The predicted octanol–water partition coefficient (Wildman–Crippen LogP) is -1.39. The molecule has 0 saturated heterocycles. The molecule has 0 aromatic carbocycles. The minimum atomic E-state index is -1.62. The molecule has 1 aromatic rings. The number of carbonyl (C=O) groups is 2. The van der Waals surface area contributed by atoms with E-state index in [2.05, 4.69) is 25.8 Å². The van der Waals surface area contributed by atoms with Crippen LogP contribution in [0.4, 0.5) is 4.79 Å². The van der Waals surface area contributed by atoms with Gasteiger partial charge in [-0.1, -0.05) is 0 Å². The van der Waals surface area contributed by atoms with Crippen molar-refractivity contribution in [3.8, 4) is 0 Å². The first kappa shape index (κ1) is 12.9. The summed E-state index contributed by atoms with van der Waals surface area (Å²) >= 11 is 0. The van der Waals surface area contributed by atoms with Crippen LogP contribution >= 0.6 is 0 Å². The number of hydrogen-bond donors (Lipinski definition) is 5. The fraction of sp³-hybridized carbons (Fsp3) is 0.500. The monoisotopic (exact) mass is 243 g/mol. The molecule has 5 N–H and O–H groups in total. The Bertz CT molecular complexity index is 379. The van der Waals surface area contributed by atoms with Gasteiger partial charge in [-0.15, -0.1) is 0 Å². The Hall–Kier alpha value is -2.16. The predicted molar refractivity (Wildman–Crippen MR) is 55.0 cm³/mol. The molecule has 0 fully saturated rings. The summed E-state index contributed by atoms with van der Waals surface area (Å²) in [6.07, 6.45) is -0.319. The number of aliphatic carboxylic acids is 1. The van der Waals surface area contributed by atoms with Crippen molar-refractivity contribution in [3.63, 3.8) is 0 Å². The highest BCUT2D eigenvalue weighted by Gasteiger charge is 2.16. The molecule has 0 saturated carbocycles. The van der Waals surface area contributed by atoms with Gasteiger partial charge in [0.15, 0.2) is 6.10 Å². The van der Waals surface area contributed by atoms with E-state index in [1.54, 1.807) is 6.92 Å². The molecule has 0 radical (unpaired) electrons. The van der Waals surface area contributed by atoms with Crippen LogP contribution in [0.15, 0.2) is 6.33 Å². The third-order valence-electron chi connectivity index (χ3n) is 1.93. The number of amides is 2. The minimum absolute atomic E-state index is 0.371. The van der Waals surface area contributed by atoms with E-state index >= 15 is 0 Å². The number of nitrogens with zero attached hydrogens (tertiary/aromatic N) is 2. The number of hydrogen-bond acceptors (Lipinski definition) is 5. The smallest absolute Gasteiger partial charge is 0.334 e. The van der Waals surface area contributed by atoms with E-state index < -0.39 is 24.1 Å². The molecular weight excluding hydrogens is 230 g/mol. The fourth-order valence-electron chi connectivity index (χ4n) is 1.02. The summed E-state index contributed by atoms with van der Waals surface area (Å²) in [4.78, 5) is 25.4. The van der Waals surface area contributed by atoms with Crippen LogP contribution in [0.5, 0.6) is 0 Å². The Morgan fingerprint density at radius 2 is 2.29 bits per heavy atom. The topological polar surface area (TPSA) is 140 Å². The summed E-state index contributed by atoms with van der Waals surface area (Å²) < 4.78 is 0.